The topological polar surface area (TPSA) is 523 Å². The molecule has 32 heteroatoms. The average molecular weight is 1440 g/mol. The Morgan fingerprint density at radius 1 is 0.590 bits per heavy atom. The molecule has 4 aliphatic carbocycles. The van der Waals surface area contributed by atoms with E-state index in [1.807, 2.05) is 13.8 Å². The monoisotopic (exact) mass is 1440 g/mol. The van der Waals surface area contributed by atoms with Crippen LogP contribution in [0.2, 0.25) is 0 Å². The van der Waals surface area contributed by atoms with Gasteiger partial charge >= 0.3 is 0 Å². The summed E-state index contributed by atoms with van der Waals surface area (Å²) in [6.45, 7) is 12.0. The number of hydrogen-bond donors (Lipinski definition) is 20. The molecule has 574 valence electrons. The summed E-state index contributed by atoms with van der Waals surface area (Å²) >= 11 is 0. The number of ether oxygens (including phenoxy) is 11. The normalized spacial score (nSPS) is 50.4. The highest BCUT2D eigenvalue weighted by atomic mass is 16.8. The van der Waals surface area contributed by atoms with E-state index in [2.05, 4.69) is 39.5 Å². The Labute approximate surface area is 579 Å². The van der Waals surface area contributed by atoms with Gasteiger partial charge in [0.05, 0.1) is 75.1 Å². The number of fused-ring (bicyclic) bond motifs is 5. The Hall–Kier alpha value is -2.47. The lowest BCUT2D eigenvalue weighted by Gasteiger charge is -2.65. The first-order chi connectivity index (χ1) is 46.9. The molecular weight excluding hydrogens is 1330 g/mol. The minimum atomic E-state index is -1.96. The molecule has 0 aromatic carbocycles. The third kappa shape index (κ3) is 14.8. The van der Waals surface area contributed by atoms with Crippen LogP contribution in [-0.4, -0.2) is 331 Å². The predicted octanol–water partition coefficient (Wildman–Crippen LogP) is -4.84. The van der Waals surface area contributed by atoms with Gasteiger partial charge in [0.1, 0.15) is 134 Å². The maximum Gasteiger partial charge on any atom is 0.187 e. The Bertz CT molecular complexity index is 2820. The van der Waals surface area contributed by atoms with Gasteiger partial charge in [0.15, 0.2) is 31.5 Å². The molecule has 0 radical (unpaired) electrons. The molecule has 6 saturated heterocycles. The minimum Gasteiger partial charge on any atom is -0.507 e. The van der Waals surface area contributed by atoms with Crippen LogP contribution < -0.4 is 0 Å². The number of rotatable bonds is 22. The lowest BCUT2D eigenvalue weighted by molar-refractivity contribution is -0.379. The van der Waals surface area contributed by atoms with Crippen LogP contribution in [0, 0.1) is 51.2 Å². The highest BCUT2D eigenvalue weighted by molar-refractivity contribution is 5.88. The lowest BCUT2D eigenvalue weighted by Crippen LogP contribution is -2.68. The lowest BCUT2D eigenvalue weighted by atomic mass is 9.38. The van der Waals surface area contributed by atoms with Gasteiger partial charge in [0.2, 0.25) is 0 Å². The number of aliphatic hydroxyl groups is 20. The van der Waals surface area contributed by atoms with Gasteiger partial charge in [-0.1, -0.05) is 58.9 Å². The molecule has 20 N–H and O–H groups in total. The molecule has 10 rings (SSSR count). The van der Waals surface area contributed by atoms with Crippen molar-refractivity contribution in [3.05, 3.63) is 29.7 Å². The van der Waals surface area contributed by atoms with Crippen LogP contribution in [0.5, 0.6) is 0 Å². The zero-order chi connectivity index (χ0) is 73.4. The number of carbonyl (C=O) groups is 1. The molecule has 38 atom stereocenters. The number of carbonyl (C=O) groups excluding carboxylic acids is 1. The van der Waals surface area contributed by atoms with Crippen LogP contribution in [0.4, 0.5) is 0 Å². The number of aliphatic hydroxyl groups excluding tert-OH is 19. The summed E-state index contributed by atoms with van der Waals surface area (Å²) in [5.41, 5.74) is -1.01. The van der Waals surface area contributed by atoms with Gasteiger partial charge < -0.3 is 154 Å². The van der Waals surface area contributed by atoms with E-state index in [4.69, 9.17) is 57.2 Å². The van der Waals surface area contributed by atoms with Crippen molar-refractivity contribution in [1.29, 1.82) is 0 Å². The van der Waals surface area contributed by atoms with Crippen molar-refractivity contribution in [3.63, 3.8) is 0 Å². The van der Waals surface area contributed by atoms with Crippen LogP contribution in [0.25, 0.3) is 0 Å². The van der Waals surface area contributed by atoms with Gasteiger partial charge in [-0.15, -0.1) is 0 Å². The number of hydrogen-bond acceptors (Lipinski definition) is 32. The molecule has 0 spiro atoms. The third-order valence-corrected chi connectivity index (χ3v) is 25.0. The van der Waals surface area contributed by atoms with E-state index >= 15 is 4.79 Å². The minimum absolute atomic E-state index is 0.0354. The highest BCUT2D eigenvalue weighted by Crippen LogP contribution is 2.74. The average Bonchev–Trinajstić information content (AvgIpc) is 1.31. The Morgan fingerprint density at radius 2 is 1.13 bits per heavy atom. The maximum absolute atomic E-state index is 15.6. The maximum atomic E-state index is 15.6. The van der Waals surface area contributed by atoms with Crippen LogP contribution in [0.15, 0.2) is 29.7 Å². The Morgan fingerprint density at radius 3 is 1.73 bits per heavy atom. The zero-order valence-electron chi connectivity index (χ0n) is 57.7. The fraction of sp³-hybridized carbons (Fsp3) is 0.912. The SMILES string of the molecule is C[C@H](CC[C@@H](O[C@@H]1O[C@H](CO[C@@H]2OC(C=C=CO)[C@@H](O)C[C@H]2O)[C@@H](O)[C@H](O)[C@H]1O[C@H]1O[C@@H](CO)[C@H](O)[C@@H](O)[C@@H]1O)C(C)(C)O)C1CC[C@@]2(C)C3CC=C4C(CC[C@H](O[C@@H]5O[C@H](CO[C@@H]6O[C@H](CO)[C@@H](O)[C@H](O)[C@H]6O)[C@@H](O)[C@H](O)C5[C@H]5O[C@@H](CO)[C@H](O)[C@@H](O)[C@@H]5O)C4(C)C)[C@]3(C)C(=O)C[C@]12C. The first kappa shape index (κ1) is 80.1. The Kier molecular flexibility index (Phi) is 25.1. The summed E-state index contributed by atoms with van der Waals surface area (Å²) < 4.78 is 66.9. The molecule has 10 aliphatic rings. The molecule has 9 fully saturated rings. The summed E-state index contributed by atoms with van der Waals surface area (Å²) in [6.07, 6.45) is -41.0. The van der Waals surface area contributed by atoms with E-state index in [9.17, 15) is 97.0 Å². The number of allylic oxidation sites excluding steroid dienone is 1. The molecule has 0 amide bonds. The van der Waals surface area contributed by atoms with Crippen molar-refractivity contribution in [2.75, 3.05) is 33.0 Å². The van der Waals surface area contributed by atoms with E-state index in [0.717, 1.165) is 18.4 Å². The summed E-state index contributed by atoms with van der Waals surface area (Å²) in [5, 5.41) is 217. The second kappa shape index (κ2) is 31.4. The van der Waals surface area contributed by atoms with Crippen LogP contribution in [0.1, 0.15) is 113 Å². The summed E-state index contributed by atoms with van der Waals surface area (Å²) in [6, 6.07) is 0. The van der Waals surface area contributed by atoms with Crippen molar-refractivity contribution in [2.24, 2.45) is 51.2 Å². The second-order valence-corrected chi connectivity index (χ2v) is 31.5. The van der Waals surface area contributed by atoms with Crippen molar-refractivity contribution in [3.8, 4) is 0 Å². The molecule has 3 saturated carbocycles. The van der Waals surface area contributed by atoms with Gasteiger partial charge in [-0.2, -0.15) is 0 Å². The van der Waals surface area contributed by atoms with Crippen LogP contribution in [0.3, 0.4) is 0 Å². The van der Waals surface area contributed by atoms with Crippen molar-refractivity contribution >= 4 is 5.78 Å². The number of ketones is 1. The van der Waals surface area contributed by atoms with E-state index in [1.54, 1.807) is 0 Å². The van der Waals surface area contributed by atoms with Gasteiger partial charge in [-0.25, -0.2) is 0 Å². The fourth-order valence-corrected chi connectivity index (χ4v) is 18.6. The van der Waals surface area contributed by atoms with Crippen molar-refractivity contribution in [1.82, 2.24) is 0 Å². The Balaban J connectivity index is 0.857. The fourth-order valence-electron chi connectivity index (χ4n) is 18.6. The van der Waals surface area contributed by atoms with Gasteiger partial charge in [-0.05, 0) is 99.4 Å². The van der Waals surface area contributed by atoms with E-state index < -0.39 is 250 Å². The number of Topliss-reactive ketones (excluding diaryl/α,β-unsaturated/α-hetero) is 1. The van der Waals surface area contributed by atoms with E-state index in [0.29, 0.717) is 31.9 Å². The third-order valence-electron chi connectivity index (χ3n) is 25.0. The van der Waals surface area contributed by atoms with Crippen molar-refractivity contribution in [2.45, 2.75) is 303 Å². The second-order valence-electron chi connectivity index (χ2n) is 31.5. The molecular formula is C68H110O32. The standard InChI is InChI=1S/C68H110O32/c1-27(11-15-42(65(4,5)89)99-63-58(100-62-56(88)52(84)46(78)36(24-72)95-62)53(85)48(80)38(97-63)25-90-59-32(74)20-31(73)33(93-59)10-9-19-69)28-17-18-66(6)39-14-12-29-30(68(39,8)40(75)21-67(28,66)7)13-16-41(64(29,2)3)98-60-43(57-54(86)50(82)44(76)34(22-70)92-57)49(81)47(79)37(96-60)26-91-61-55(87)51(83)45(77)35(23-71)94-61/h10,12,19,27-28,30-39,41-63,69-74,76-89H,11,13-18,20-26H2,1-8H3/t9?,27-,28?,30?,31+,32-,33?,34+,35-,36+,37-,38-,39?,41+,42-,43?,44+,45-,46+,47-,48-,49-,50-,51+,52-,53+,54+,55-,56+,57-,58-,59-,60+,61-,62-,63+,66+,67-,68+/m1/s1. The summed E-state index contributed by atoms with van der Waals surface area (Å²) in [7, 11) is 0. The predicted molar refractivity (Wildman–Crippen MR) is 337 cm³/mol. The molecule has 6 heterocycles. The summed E-state index contributed by atoms with van der Waals surface area (Å²) in [5.74, 6) is -1.98. The molecule has 0 aromatic heterocycles. The smallest absolute Gasteiger partial charge is 0.187 e. The molecule has 5 unspecified atom stereocenters. The molecule has 0 bridgehead atoms. The molecule has 0 aromatic rings. The summed E-state index contributed by atoms with van der Waals surface area (Å²) in [4.78, 5) is 15.6. The molecule has 32 nitrogen and oxygen atoms in total. The van der Waals surface area contributed by atoms with Crippen molar-refractivity contribution < 1.29 is 159 Å². The molecule has 6 aliphatic heterocycles. The first-order valence-corrected chi connectivity index (χ1v) is 35.1. The zero-order valence-corrected chi connectivity index (χ0v) is 57.7. The highest BCUT2D eigenvalue weighted by Gasteiger charge is 2.71. The van der Waals surface area contributed by atoms with E-state index in [-0.39, 0.29) is 48.7 Å². The van der Waals surface area contributed by atoms with Gasteiger partial charge in [0, 0.05) is 23.7 Å². The molecule has 100 heavy (non-hydrogen) atoms. The van der Waals surface area contributed by atoms with Gasteiger partial charge in [-0.3, -0.25) is 4.79 Å². The first-order valence-electron chi connectivity index (χ1n) is 35.1. The van der Waals surface area contributed by atoms with Gasteiger partial charge in [0.25, 0.3) is 0 Å². The van der Waals surface area contributed by atoms with Crippen LogP contribution in [-0.2, 0) is 56.9 Å². The van der Waals surface area contributed by atoms with E-state index in [1.165, 1.54) is 19.9 Å². The quantitative estimate of drug-likeness (QED) is 0.0275. The largest absolute Gasteiger partial charge is 0.507 e. The van der Waals surface area contributed by atoms with Crippen LogP contribution >= 0.6 is 0 Å².